The molecule has 0 aromatic heterocycles. The SMILES string of the molecule is COC(=O)c1ccc(C)c(NC(=O)N2CCN(c3cccc(Cl)c3)CC2)c1. The molecule has 1 saturated heterocycles. The maximum Gasteiger partial charge on any atom is 0.337 e. The second-order valence-electron chi connectivity index (χ2n) is 6.41. The van der Waals surface area contributed by atoms with Crippen LogP contribution in [0.5, 0.6) is 0 Å². The van der Waals surface area contributed by atoms with Crippen molar-refractivity contribution in [2.24, 2.45) is 0 Å². The topological polar surface area (TPSA) is 61.9 Å². The number of rotatable bonds is 3. The lowest BCUT2D eigenvalue weighted by Gasteiger charge is -2.36. The van der Waals surface area contributed by atoms with Gasteiger partial charge in [-0.2, -0.15) is 0 Å². The average Bonchev–Trinajstić information content (AvgIpc) is 2.69. The van der Waals surface area contributed by atoms with Gasteiger partial charge in [0.1, 0.15) is 0 Å². The van der Waals surface area contributed by atoms with E-state index in [-0.39, 0.29) is 6.03 Å². The molecule has 1 fully saturated rings. The number of halogens is 1. The third kappa shape index (κ3) is 4.52. The molecular formula is C20H22ClN3O3. The van der Waals surface area contributed by atoms with Crippen LogP contribution in [0, 0.1) is 6.92 Å². The monoisotopic (exact) mass is 387 g/mol. The van der Waals surface area contributed by atoms with Crippen LogP contribution in [0.2, 0.25) is 5.02 Å². The van der Waals surface area contributed by atoms with Crippen molar-refractivity contribution in [2.75, 3.05) is 43.5 Å². The first kappa shape index (κ1) is 19.0. The zero-order valence-electron chi connectivity index (χ0n) is 15.4. The number of methoxy groups -OCH3 is 1. The Morgan fingerprint density at radius 3 is 2.48 bits per heavy atom. The number of carbonyl (C=O) groups is 2. The fourth-order valence-electron chi connectivity index (χ4n) is 3.04. The summed E-state index contributed by atoms with van der Waals surface area (Å²) < 4.78 is 4.74. The van der Waals surface area contributed by atoms with Crippen molar-refractivity contribution in [3.8, 4) is 0 Å². The molecule has 1 N–H and O–H groups in total. The zero-order chi connectivity index (χ0) is 19.4. The van der Waals surface area contributed by atoms with Gasteiger partial charge in [-0.25, -0.2) is 9.59 Å². The number of aryl methyl sites for hydroxylation is 1. The summed E-state index contributed by atoms with van der Waals surface area (Å²) in [6.45, 7) is 4.56. The maximum atomic E-state index is 12.6. The van der Waals surface area contributed by atoms with E-state index < -0.39 is 5.97 Å². The summed E-state index contributed by atoms with van der Waals surface area (Å²) in [4.78, 5) is 28.3. The van der Waals surface area contributed by atoms with Crippen molar-refractivity contribution in [1.82, 2.24) is 4.90 Å². The van der Waals surface area contributed by atoms with E-state index in [1.54, 1.807) is 23.1 Å². The van der Waals surface area contributed by atoms with Gasteiger partial charge >= 0.3 is 12.0 Å². The fraction of sp³-hybridized carbons (Fsp3) is 0.300. The number of urea groups is 1. The van der Waals surface area contributed by atoms with Gasteiger partial charge in [-0.05, 0) is 42.8 Å². The number of hydrogen-bond acceptors (Lipinski definition) is 4. The Morgan fingerprint density at radius 1 is 1.07 bits per heavy atom. The summed E-state index contributed by atoms with van der Waals surface area (Å²) in [5.74, 6) is -0.430. The lowest BCUT2D eigenvalue weighted by atomic mass is 10.1. The number of hydrogen-bond donors (Lipinski definition) is 1. The van der Waals surface area contributed by atoms with Crippen molar-refractivity contribution >= 4 is 35.0 Å². The van der Waals surface area contributed by atoms with Crippen LogP contribution in [-0.2, 0) is 4.74 Å². The van der Waals surface area contributed by atoms with Crippen LogP contribution in [0.4, 0.5) is 16.2 Å². The van der Waals surface area contributed by atoms with Gasteiger partial charge in [0.15, 0.2) is 0 Å². The summed E-state index contributed by atoms with van der Waals surface area (Å²) in [5.41, 5.74) is 2.96. The van der Waals surface area contributed by atoms with Crippen LogP contribution in [-0.4, -0.2) is 50.2 Å². The largest absolute Gasteiger partial charge is 0.465 e. The van der Waals surface area contributed by atoms with E-state index in [2.05, 4.69) is 10.2 Å². The van der Waals surface area contributed by atoms with E-state index in [1.807, 2.05) is 31.2 Å². The molecule has 1 aliphatic heterocycles. The van der Waals surface area contributed by atoms with Gasteiger partial charge in [0.2, 0.25) is 0 Å². The lowest BCUT2D eigenvalue weighted by Crippen LogP contribution is -2.50. The number of nitrogens with one attached hydrogen (secondary N) is 1. The Morgan fingerprint density at radius 2 is 1.81 bits per heavy atom. The van der Waals surface area contributed by atoms with Gasteiger partial charge in [0.25, 0.3) is 0 Å². The first-order chi connectivity index (χ1) is 13.0. The van der Waals surface area contributed by atoms with Crippen LogP contribution >= 0.6 is 11.6 Å². The number of amides is 2. The van der Waals surface area contributed by atoms with Crippen molar-refractivity contribution in [2.45, 2.75) is 6.92 Å². The first-order valence-corrected chi connectivity index (χ1v) is 9.11. The van der Waals surface area contributed by atoms with Gasteiger partial charge < -0.3 is 19.9 Å². The quantitative estimate of drug-likeness (QED) is 0.814. The average molecular weight is 388 g/mol. The summed E-state index contributed by atoms with van der Waals surface area (Å²) in [6.07, 6.45) is 0. The summed E-state index contributed by atoms with van der Waals surface area (Å²) in [7, 11) is 1.33. The third-order valence-electron chi connectivity index (χ3n) is 4.64. The molecule has 0 spiro atoms. The molecule has 0 atom stereocenters. The van der Waals surface area contributed by atoms with Crippen LogP contribution in [0.3, 0.4) is 0 Å². The molecule has 1 aliphatic rings. The second kappa shape index (κ2) is 8.31. The third-order valence-corrected chi connectivity index (χ3v) is 4.88. The number of piperazine rings is 1. The first-order valence-electron chi connectivity index (χ1n) is 8.73. The molecule has 0 saturated carbocycles. The molecule has 2 aromatic carbocycles. The van der Waals surface area contributed by atoms with Gasteiger partial charge in [0.05, 0.1) is 12.7 Å². The van der Waals surface area contributed by atoms with Crippen LogP contribution < -0.4 is 10.2 Å². The van der Waals surface area contributed by atoms with E-state index in [9.17, 15) is 9.59 Å². The number of nitrogens with zero attached hydrogens (tertiary/aromatic N) is 2. The highest BCUT2D eigenvalue weighted by molar-refractivity contribution is 6.30. The number of anilines is 2. The molecule has 2 aromatic rings. The Hall–Kier alpha value is -2.73. The van der Waals surface area contributed by atoms with Gasteiger partial charge in [-0.1, -0.05) is 23.7 Å². The van der Waals surface area contributed by atoms with Crippen LogP contribution in [0.25, 0.3) is 0 Å². The molecule has 6 nitrogen and oxygen atoms in total. The van der Waals surface area contributed by atoms with Crippen LogP contribution in [0.15, 0.2) is 42.5 Å². The molecule has 0 bridgehead atoms. The predicted octanol–water partition coefficient (Wildman–Crippen LogP) is 3.79. The van der Waals surface area contributed by atoms with Crippen molar-refractivity contribution in [1.29, 1.82) is 0 Å². The van der Waals surface area contributed by atoms with Gasteiger partial charge in [-0.15, -0.1) is 0 Å². The standard InChI is InChI=1S/C20H22ClN3O3/c1-14-6-7-15(19(25)27-2)12-18(14)22-20(26)24-10-8-23(9-11-24)17-5-3-4-16(21)13-17/h3-7,12-13H,8-11H2,1-2H3,(H,22,26). The molecule has 0 aliphatic carbocycles. The number of carbonyl (C=O) groups excluding carboxylic acids is 2. The minimum absolute atomic E-state index is 0.175. The highest BCUT2D eigenvalue weighted by Crippen LogP contribution is 2.22. The number of ether oxygens (including phenoxy) is 1. The van der Waals surface area contributed by atoms with E-state index >= 15 is 0 Å². The minimum atomic E-state index is -0.430. The molecule has 3 rings (SSSR count). The summed E-state index contributed by atoms with van der Waals surface area (Å²) in [5, 5.41) is 3.61. The Labute approximate surface area is 163 Å². The minimum Gasteiger partial charge on any atom is -0.465 e. The fourth-order valence-corrected chi connectivity index (χ4v) is 3.22. The summed E-state index contributed by atoms with van der Waals surface area (Å²) in [6, 6.07) is 12.7. The van der Waals surface area contributed by atoms with E-state index in [1.165, 1.54) is 7.11 Å². The molecule has 2 amide bonds. The number of benzene rings is 2. The van der Waals surface area contributed by atoms with Gasteiger partial charge in [0, 0.05) is 42.6 Å². The second-order valence-corrected chi connectivity index (χ2v) is 6.84. The predicted molar refractivity (Wildman–Crippen MR) is 107 cm³/mol. The smallest absolute Gasteiger partial charge is 0.337 e. The molecule has 7 heteroatoms. The van der Waals surface area contributed by atoms with Crippen molar-refractivity contribution < 1.29 is 14.3 Å². The van der Waals surface area contributed by atoms with E-state index in [0.29, 0.717) is 29.4 Å². The van der Waals surface area contributed by atoms with E-state index in [0.717, 1.165) is 24.3 Å². The lowest BCUT2D eigenvalue weighted by molar-refractivity contribution is 0.0600. The summed E-state index contributed by atoms with van der Waals surface area (Å²) >= 11 is 6.06. The molecular weight excluding hydrogens is 366 g/mol. The molecule has 142 valence electrons. The Balaban J connectivity index is 1.62. The van der Waals surface area contributed by atoms with Crippen molar-refractivity contribution in [3.63, 3.8) is 0 Å². The highest BCUT2D eigenvalue weighted by atomic mass is 35.5. The number of esters is 1. The van der Waals surface area contributed by atoms with E-state index in [4.69, 9.17) is 16.3 Å². The van der Waals surface area contributed by atoms with Crippen molar-refractivity contribution in [3.05, 3.63) is 58.6 Å². The van der Waals surface area contributed by atoms with Gasteiger partial charge in [-0.3, -0.25) is 0 Å². The van der Waals surface area contributed by atoms with Crippen LogP contribution in [0.1, 0.15) is 15.9 Å². The molecule has 1 heterocycles. The molecule has 27 heavy (non-hydrogen) atoms. The Kier molecular flexibility index (Phi) is 5.86. The zero-order valence-corrected chi connectivity index (χ0v) is 16.1. The normalized spacial score (nSPS) is 14.0. The Bertz CT molecular complexity index is 848. The molecule has 0 radical (unpaired) electrons. The highest BCUT2D eigenvalue weighted by Gasteiger charge is 2.22. The molecule has 0 unspecified atom stereocenters. The maximum absolute atomic E-state index is 12.6.